The third-order valence-corrected chi connectivity index (χ3v) is 5.72. The number of nitrogens with one attached hydrogen (secondary N) is 2. The summed E-state index contributed by atoms with van der Waals surface area (Å²) in [7, 11) is 0. The van der Waals surface area contributed by atoms with Gasteiger partial charge in [0, 0.05) is 29.7 Å². The summed E-state index contributed by atoms with van der Waals surface area (Å²) in [5.41, 5.74) is 2.24. The number of rotatable bonds is 1. The molecule has 2 aliphatic heterocycles. The average Bonchev–Trinajstić information content (AvgIpc) is 3.21. The highest BCUT2D eigenvalue weighted by Gasteiger charge is 2.49. The predicted octanol–water partition coefficient (Wildman–Crippen LogP) is 3.43. The molecule has 2 N–H and O–H groups in total. The van der Waals surface area contributed by atoms with Crippen molar-refractivity contribution in [3.05, 3.63) is 65.6 Å². The van der Waals surface area contributed by atoms with Crippen molar-refractivity contribution in [1.82, 2.24) is 9.88 Å². The molecule has 0 bridgehead atoms. The van der Waals surface area contributed by atoms with Crippen molar-refractivity contribution in [3.8, 4) is 0 Å². The van der Waals surface area contributed by atoms with E-state index in [1.165, 1.54) is 12.1 Å². The monoisotopic (exact) mass is 363 g/mol. The fourth-order valence-electron chi connectivity index (χ4n) is 4.40. The van der Waals surface area contributed by atoms with E-state index in [1.807, 2.05) is 24.3 Å². The van der Waals surface area contributed by atoms with Crippen LogP contribution in [0.2, 0.25) is 0 Å². The molecular formula is C21H18FN3O2. The Morgan fingerprint density at radius 1 is 1.15 bits per heavy atom. The number of aromatic amines is 1. The maximum Gasteiger partial charge on any atom is 0.270 e. The van der Waals surface area contributed by atoms with Gasteiger partial charge in [0.2, 0.25) is 5.91 Å². The zero-order valence-electron chi connectivity index (χ0n) is 14.6. The molecule has 1 aromatic heterocycles. The number of hydrogen-bond donors (Lipinski definition) is 2. The smallest absolute Gasteiger partial charge is 0.270 e. The molecule has 136 valence electrons. The summed E-state index contributed by atoms with van der Waals surface area (Å²) in [6, 6.07) is 13.7. The highest BCUT2D eigenvalue weighted by molar-refractivity contribution is 6.07. The zero-order chi connectivity index (χ0) is 18.6. The van der Waals surface area contributed by atoms with Crippen molar-refractivity contribution in [2.24, 2.45) is 0 Å². The van der Waals surface area contributed by atoms with Crippen LogP contribution < -0.4 is 5.32 Å². The average molecular weight is 363 g/mol. The molecule has 1 saturated heterocycles. The molecule has 0 radical (unpaired) electrons. The van der Waals surface area contributed by atoms with Crippen LogP contribution in [0.4, 0.5) is 10.1 Å². The third-order valence-electron chi connectivity index (χ3n) is 5.72. The van der Waals surface area contributed by atoms with Gasteiger partial charge in [-0.1, -0.05) is 18.2 Å². The van der Waals surface area contributed by atoms with E-state index in [1.54, 1.807) is 17.0 Å². The van der Waals surface area contributed by atoms with Gasteiger partial charge < -0.3 is 15.2 Å². The number of aromatic nitrogens is 1. The Kier molecular flexibility index (Phi) is 3.37. The van der Waals surface area contributed by atoms with E-state index in [9.17, 15) is 14.0 Å². The van der Waals surface area contributed by atoms with Crippen LogP contribution in [0.1, 0.15) is 28.9 Å². The van der Waals surface area contributed by atoms with Gasteiger partial charge in [0.1, 0.15) is 11.5 Å². The first kappa shape index (κ1) is 16.1. The number of carbonyl (C=O) groups is 2. The van der Waals surface area contributed by atoms with Gasteiger partial charge in [-0.25, -0.2) is 4.39 Å². The van der Waals surface area contributed by atoms with Crippen LogP contribution in [0.3, 0.4) is 0 Å². The van der Waals surface area contributed by atoms with Gasteiger partial charge in [-0.05, 0) is 48.7 Å². The van der Waals surface area contributed by atoms with Crippen LogP contribution >= 0.6 is 0 Å². The zero-order valence-corrected chi connectivity index (χ0v) is 14.6. The molecule has 2 amide bonds. The van der Waals surface area contributed by atoms with Crippen LogP contribution in [-0.4, -0.2) is 34.8 Å². The summed E-state index contributed by atoms with van der Waals surface area (Å²) >= 11 is 0. The standard InChI is InChI=1S/C21H18FN3O2/c22-14-6-7-16-13(10-14)11-18(23-16)19(26)25-9-3-8-21(12-25)15-4-1-2-5-17(15)24-20(21)27/h1-2,4-7,10-11,23H,3,8-9,12H2,(H,24,27)/t21-/m0/s1. The second-order valence-electron chi connectivity index (χ2n) is 7.33. The molecule has 3 heterocycles. The number of H-pyrrole nitrogens is 1. The number of para-hydroxylation sites is 1. The summed E-state index contributed by atoms with van der Waals surface area (Å²) in [4.78, 5) is 30.7. The predicted molar refractivity (Wildman–Crippen MR) is 100 cm³/mol. The maximum atomic E-state index is 13.4. The summed E-state index contributed by atoms with van der Waals surface area (Å²) in [5.74, 6) is -0.542. The molecule has 0 aliphatic carbocycles. The summed E-state index contributed by atoms with van der Waals surface area (Å²) in [6.45, 7) is 0.943. The molecular weight excluding hydrogens is 345 g/mol. The van der Waals surface area contributed by atoms with E-state index in [4.69, 9.17) is 0 Å². The van der Waals surface area contributed by atoms with Crippen LogP contribution in [0, 0.1) is 5.82 Å². The number of amides is 2. The number of likely N-dealkylation sites (tertiary alicyclic amines) is 1. The molecule has 5 rings (SSSR count). The topological polar surface area (TPSA) is 65.2 Å². The number of halogens is 1. The quantitative estimate of drug-likeness (QED) is 0.696. The Labute approximate surface area is 155 Å². The summed E-state index contributed by atoms with van der Waals surface area (Å²) in [6.07, 6.45) is 1.47. The van der Waals surface area contributed by atoms with E-state index >= 15 is 0 Å². The fraction of sp³-hybridized carbons (Fsp3) is 0.238. The number of piperidine rings is 1. The van der Waals surface area contributed by atoms with Crippen molar-refractivity contribution in [2.45, 2.75) is 18.3 Å². The van der Waals surface area contributed by atoms with Gasteiger partial charge in [0.25, 0.3) is 5.91 Å². The molecule has 2 aromatic carbocycles. The van der Waals surface area contributed by atoms with E-state index in [-0.39, 0.29) is 17.6 Å². The number of fused-ring (bicyclic) bond motifs is 3. The Hall–Kier alpha value is -3.15. The Morgan fingerprint density at radius 3 is 2.89 bits per heavy atom. The third kappa shape index (κ3) is 2.36. The van der Waals surface area contributed by atoms with E-state index in [2.05, 4.69) is 10.3 Å². The number of nitrogens with zero attached hydrogens (tertiary/aromatic N) is 1. The van der Waals surface area contributed by atoms with Gasteiger partial charge >= 0.3 is 0 Å². The second kappa shape index (κ2) is 5.67. The minimum Gasteiger partial charge on any atom is -0.351 e. The molecule has 1 fully saturated rings. The Bertz CT molecular complexity index is 1090. The van der Waals surface area contributed by atoms with Gasteiger partial charge in [0.15, 0.2) is 0 Å². The van der Waals surface area contributed by atoms with Crippen LogP contribution in [0.25, 0.3) is 10.9 Å². The van der Waals surface area contributed by atoms with Crippen molar-refractivity contribution in [2.75, 3.05) is 18.4 Å². The van der Waals surface area contributed by atoms with Gasteiger partial charge in [-0.3, -0.25) is 9.59 Å². The molecule has 0 unspecified atom stereocenters. The van der Waals surface area contributed by atoms with Gasteiger partial charge in [0.05, 0.1) is 5.41 Å². The van der Waals surface area contributed by atoms with Crippen molar-refractivity contribution in [1.29, 1.82) is 0 Å². The molecule has 1 atom stereocenters. The number of hydrogen-bond acceptors (Lipinski definition) is 2. The van der Waals surface area contributed by atoms with Crippen LogP contribution in [0.5, 0.6) is 0 Å². The first-order chi connectivity index (χ1) is 13.1. The minimum atomic E-state index is -0.692. The molecule has 1 spiro atoms. The molecule has 3 aromatic rings. The van der Waals surface area contributed by atoms with Gasteiger partial charge in [-0.15, -0.1) is 0 Å². The first-order valence-corrected chi connectivity index (χ1v) is 9.05. The lowest BCUT2D eigenvalue weighted by Crippen LogP contribution is -2.51. The van der Waals surface area contributed by atoms with Crippen LogP contribution in [0.15, 0.2) is 48.5 Å². The maximum absolute atomic E-state index is 13.4. The highest BCUT2D eigenvalue weighted by atomic mass is 19.1. The Balaban J connectivity index is 1.49. The van der Waals surface area contributed by atoms with E-state index in [0.717, 1.165) is 29.6 Å². The number of anilines is 1. The molecule has 6 heteroatoms. The van der Waals surface area contributed by atoms with Crippen molar-refractivity contribution < 1.29 is 14.0 Å². The summed E-state index contributed by atoms with van der Waals surface area (Å²) in [5, 5.41) is 3.62. The lowest BCUT2D eigenvalue weighted by molar-refractivity contribution is -0.122. The fourth-order valence-corrected chi connectivity index (χ4v) is 4.40. The van der Waals surface area contributed by atoms with Crippen LogP contribution in [-0.2, 0) is 10.2 Å². The van der Waals surface area contributed by atoms with Crippen molar-refractivity contribution >= 4 is 28.4 Å². The lowest BCUT2D eigenvalue weighted by atomic mass is 9.75. The molecule has 5 nitrogen and oxygen atoms in total. The van der Waals surface area contributed by atoms with Crippen molar-refractivity contribution in [3.63, 3.8) is 0 Å². The Morgan fingerprint density at radius 2 is 2.00 bits per heavy atom. The SMILES string of the molecule is O=C(c1cc2cc(F)ccc2[nH]1)N1CCC[C@@]2(C1)C(=O)Nc1ccccc12. The van der Waals surface area contributed by atoms with E-state index in [0.29, 0.717) is 24.2 Å². The summed E-state index contributed by atoms with van der Waals surface area (Å²) < 4.78 is 13.4. The van der Waals surface area contributed by atoms with Gasteiger partial charge in [-0.2, -0.15) is 0 Å². The number of benzene rings is 2. The highest BCUT2D eigenvalue weighted by Crippen LogP contribution is 2.43. The lowest BCUT2D eigenvalue weighted by Gasteiger charge is -2.38. The molecule has 0 saturated carbocycles. The first-order valence-electron chi connectivity index (χ1n) is 9.05. The largest absolute Gasteiger partial charge is 0.351 e. The minimum absolute atomic E-state index is 0.0417. The second-order valence-corrected chi connectivity index (χ2v) is 7.33. The molecule has 2 aliphatic rings. The molecule has 27 heavy (non-hydrogen) atoms. The van der Waals surface area contributed by atoms with E-state index < -0.39 is 5.41 Å². The normalized spacial score (nSPS) is 21.5. The number of carbonyl (C=O) groups excluding carboxylic acids is 2.